The van der Waals surface area contributed by atoms with Crippen molar-refractivity contribution in [1.82, 2.24) is 9.97 Å². The van der Waals surface area contributed by atoms with Crippen molar-refractivity contribution in [1.29, 1.82) is 5.26 Å². The first-order chi connectivity index (χ1) is 11.7. The Labute approximate surface area is 146 Å². The molecule has 2 heterocycles. The fourth-order valence-corrected chi connectivity index (χ4v) is 3.72. The van der Waals surface area contributed by atoms with E-state index in [-0.39, 0.29) is 0 Å². The van der Waals surface area contributed by atoms with Crippen LogP contribution in [-0.2, 0) is 0 Å². The predicted octanol–water partition coefficient (Wildman–Crippen LogP) is 3.25. The van der Waals surface area contributed by atoms with Crippen LogP contribution in [0.1, 0.15) is 24.8 Å². The van der Waals surface area contributed by atoms with Gasteiger partial charge in [-0.05, 0) is 43.5 Å². The van der Waals surface area contributed by atoms with Gasteiger partial charge in [0, 0.05) is 42.1 Å². The molecule has 1 aliphatic heterocycles. The van der Waals surface area contributed by atoms with Gasteiger partial charge >= 0.3 is 0 Å². The molecule has 122 valence electrons. The lowest BCUT2D eigenvalue weighted by molar-refractivity contribution is 0.625. The molecule has 1 aromatic carbocycles. The maximum absolute atomic E-state index is 9.15. The number of hydrogen-bond donors (Lipinski definition) is 0. The maximum Gasteiger partial charge on any atom is 0.132 e. The van der Waals surface area contributed by atoms with Crippen LogP contribution in [0, 0.1) is 11.3 Å². The molecule has 0 bridgehead atoms. The number of halogens is 1. The lowest BCUT2D eigenvalue weighted by Gasteiger charge is -2.30. The number of anilines is 2. The Morgan fingerprint density at radius 3 is 2.79 bits per heavy atom. The van der Waals surface area contributed by atoms with Crippen molar-refractivity contribution in [3.05, 3.63) is 47.4 Å². The van der Waals surface area contributed by atoms with E-state index in [2.05, 4.69) is 25.8 Å². The molecule has 1 saturated carbocycles. The Kier molecular flexibility index (Phi) is 3.99. The van der Waals surface area contributed by atoms with Crippen LogP contribution in [-0.4, -0.2) is 35.1 Å². The Morgan fingerprint density at radius 1 is 1.21 bits per heavy atom. The standard InChI is InChI=1S/C18H18ClN5/c19-14-7-13(10-20)8-17(9-14)23-6-4-16(11-23)24(15-1-2-15)18-3-5-21-12-22-18/h3,5,7-9,12,15-16H,1-2,4,6,11H2. The summed E-state index contributed by atoms with van der Waals surface area (Å²) in [6.07, 6.45) is 6.97. The average molecular weight is 340 g/mol. The average Bonchev–Trinajstić information content (AvgIpc) is 3.31. The van der Waals surface area contributed by atoms with Crippen molar-refractivity contribution in [2.24, 2.45) is 0 Å². The molecule has 5 nitrogen and oxygen atoms in total. The van der Waals surface area contributed by atoms with E-state index in [1.807, 2.05) is 18.2 Å². The number of aromatic nitrogens is 2. The topological polar surface area (TPSA) is 56.1 Å². The molecule has 2 aromatic rings. The van der Waals surface area contributed by atoms with E-state index in [0.717, 1.165) is 31.0 Å². The van der Waals surface area contributed by atoms with Gasteiger partial charge in [0.15, 0.2) is 0 Å². The highest BCUT2D eigenvalue weighted by atomic mass is 35.5. The van der Waals surface area contributed by atoms with Crippen molar-refractivity contribution in [3.8, 4) is 6.07 Å². The molecule has 2 aliphatic rings. The highest BCUT2D eigenvalue weighted by molar-refractivity contribution is 6.31. The molecule has 1 aromatic heterocycles. The summed E-state index contributed by atoms with van der Waals surface area (Å²) in [5.74, 6) is 1.02. The van der Waals surface area contributed by atoms with E-state index in [1.54, 1.807) is 18.6 Å². The molecule has 6 heteroatoms. The molecular weight excluding hydrogens is 322 g/mol. The molecule has 1 saturated heterocycles. The second kappa shape index (κ2) is 6.29. The number of rotatable bonds is 4. The molecule has 24 heavy (non-hydrogen) atoms. The first-order valence-corrected chi connectivity index (χ1v) is 8.62. The van der Waals surface area contributed by atoms with Crippen molar-refractivity contribution in [2.75, 3.05) is 22.9 Å². The first kappa shape index (κ1) is 15.2. The fourth-order valence-electron chi connectivity index (χ4n) is 3.49. The lowest BCUT2D eigenvalue weighted by atomic mass is 10.2. The highest BCUT2D eigenvalue weighted by Gasteiger charge is 2.38. The summed E-state index contributed by atoms with van der Waals surface area (Å²) in [5.41, 5.74) is 1.63. The van der Waals surface area contributed by atoms with Gasteiger partial charge in [0.05, 0.1) is 11.6 Å². The van der Waals surface area contributed by atoms with Gasteiger partial charge in [-0.15, -0.1) is 0 Å². The van der Waals surface area contributed by atoms with Crippen molar-refractivity contribution >= 4 is 23.1 Å². The molecule has 1 atom stereocenters. The molecular formula is C18H18ClN5. The zero-order chi connectivity index (χ0) is 16.5. The van der Waals surface area contributed by atoms with Crippen LogP contribution in [0.2, 0.25) is 5.02 Å². The summed E-state index contributed by atoms with van der Waals surface area (Å²) in [6.45, 7) is 1.88. The summed E-state index contributed by atoms with van der Waals surface area (Å²) in [6, 6.07) is 10.8. The molecule has 0 amide bonds. The van der Waals surface area contributed by atoms with Crippen LogP contribution in [0.4, 0.5) is 11.5 Å². The second-order valence-electron chi connectivity index (χ2n) is 6.40. The van der Waals surface area contributed by atoms with Gasteiger partial charge in [0.1, 0.15) is 12.1 Å². The van der Waals surface area contributed by atoms with E-state index < -0.39 is 0 Å². The Bertz CT molecular complexity index is 769. The number of benzene rings is 1. The predicted molar refractivity (Wildman–Crippen MR) is 94.3 cm³/mol. The summed E-state index contributed by atoms with van der Waals surface area (Å²) in [4.78, 5) is 13.3. The Morgan fingerprint density at radius 2 is 2.08 bits per heavy atom. The van der Waals surface area contributed by atoms with E-state index >= 15 is 0 Å². The van der Waals surface area contributed by atoms with Crippen LogP contribution in [0.15, 0.2) is 36.8 Å². The van der Waals surface area contributed by atoms with E-state index in [9.17, 15) is 0 Å². The third kappa shape index (κ3) is 3.02. The third-order valence-corrected chi connectivity index (χ3v) is 4.92. The van der Waals surface area contributed by atoms with Crippen molar-refractivity contribution in [3.63, 3.8) is 0 Å². The monoisotopic (exact) mass is 339 g/mol. The quantitative estimate of drug-likeness (QED) is 0.855. The highest BCUT2D eigenvalue weighted by Crippen LogP contribution is 2.36. The van der Waals surface area contributed by atoms with E-state index in [0.29, 0.717) is 22.7 Å². The molecule has 1 aliphatic carbocycles. The number of nitriles is 1. The van der Waals surface area contributed by atoms with Crippen LogP contribution in [0.25, 0.3) is 0 Å². The van der Waals surface area contributed by atoms with Gasteiger partial charge in [0.2, 0.25) is 0 Å². The minimum Gasteiger partial charge on any atom is -0.369 e. The van der Waals surface area contributed by atoms with Gasteiger partial charge in [-0.2, -0.15) is 5.26 Å². The molecule has 0 N–H and O–H groups in total. The lowest BCUT2D eigenvalue weighted by Crippen LogP contribution is -2.40. The van der Waals surface area contributed by atoms with Gasteiger partial charge in [-0.3, -0.25) is 0 Å². The molecule has 0 spiro atoms. The minimum absolute atomic E-state index is 0.428. The normalized spacial score (nSPS) is 20.0. The van der Waals surface area contributed by atoms with E-state index in [1.165, 1.54) is 12.8 Å². The summed E-state index contributed by atoms with van der Waals surface area (Å²) >= 11 is 6.16. The number of hydrogen-bond acceptors (Lipinski definition) is 5. The molecule has 1 unspecified atom stereocenters. The van der Waals surface area contributed by atoms with Crippen LogP contribution in [0.3, 0.4) is 0 Å². The van der Waals surface area contributed by atoms with Gasteiger partial charge < -0.3 is 9.80 Å². The second-order valence-corrected chi connectivity index (χ2v) is 6.84. The first-order valence-electron chi connectivity index (χ1n) is 8.24. The zero-order valence-electron chi connectivity index (χ0n) is 13.3. The Balaban J connectivity index is 1.55. The van der Waals surface area contributed by atoms with Crippen LogP contribution in [0.5, 0.6) is 0 Å². The van der Waals surface area contributed by atoms with Gasteiger partial charge in [-0.1, -0.05) is 11.6 Å². The van der Waals surface area contributed by atoms with Crippen LogP contribution < -0.4 is 9.80 Å². The minimum atomic E-state index is 0.428. The van der Waals surface area contributed by atoms with E-state index in [4.69, 9.17) is 16.9 Å². The Hall–Kier alpha value is -2.32. The van der Waals surface area contributed by atoms with Gasteiger partial charge in [0.25, 0.3) is 0 Å². The van der Waals surface area contributed by atoms with Crippen LogP contribution >= 0.6 is 11.6 Å². The summed E-state index contributed by atoms with van der Waals surface area (Å²) < 4.78 is 0. The summed E-state index contributed by atoms with van der Waals surface area (Å²) in [7, 11) is 0. The SMILES string of the molecule is N#Cc1cc(Cl)cc(N2CCC(N(c3ccncn3)C3CC3)C2)c1. The zero-order valence-corrected chi connectivity index (χ0v) is 14.0. The molecule has 4 rings (SSSR count). The van der Waals surface area contributed by atoms with Gasteiger partial charge in [-0.25, -0.2) is 9.97 Å². The third-order valence-electron chi connectivity index (χ3n) is 4.70. The van der Waals surface area contributed by atoms with Crippen molar-refractivity contribution in [2.45, 2.75) is 31.3 Å². The summed E-state index contributed by atoms with van der Waals surface area (Å²) in [5, 5.41) is 9.76. The maximum atomic E-state index is 9.15. The number of nitrogens with zero attached hydrogens (tertiary/aromatic N) is 5. The largest absolute Gasteiger partial charge is 0.369 e. The smallest absolute Gasteiger partial charge is 0.132 e. The van der Waals surface area contributed by atoms with Crippen molar-refractivity contribution < 1.29 is 0 Å². The fraction of sp³-hybridized carbons (Fsp3) is 0.389. The molecule has 0 radical (unpaired) electrons. The molecule has 2 fully saturated rings.